The number of nitrogens with zero attached hydrogens (tertiary/aromatic N) is 1. The fourth-order valence-corrected chi connectivity index (χ4v) is 2.15. The van der Waals surface area contributed by atoms with E-state index in [1.165, 1.54) is 0 Å². The summed E-state index contributed by atoms with van der Waals surface area (Å²) in [5.74, 6) is -1.56. The lowest BCUT2D eigenvalue weighted by molar-refractivity contribution is -0.132. The lowest BCUT2D eigenvalue weighted by Gasteiger charge is -2.07. The van der Waals surface area contributed by atoms with Gasteiger partial charge in [0.25, 0.3) is 10.0 Å². The second-order valence-corrected chi connectivity index (χ2v) is 4.88. The molecule has 11 heteroatoms. The van der Waals surface area contributed by atoms with Crippen molar-refractivity contribution < 1.29 is 31.5 Å². The minimum Gasteiger partial charge on any atom is -0.478 e. The van der Waals surface area contributed by atoms with E-state index < -0.39 is 45.7 Å². The molecule has 0 aliphatic carbocycles. The normalized spacial score (nSPS) is 12.6. The van der Waals surface area contributed by atoms with Crippen LogP contribution in [0.5, 0.6) is 0 Å². The monoisotopic (exact) mass is 287 g/mol. The Morgan fingerprint density at radius 2 is 2.11 bits per heavy atom. The van der Waals surface area contributed by atoms with Gasteiger partial charge >= 0.3 is 12.1 Å². The molecule has 0 saturated heterocycles. The number of hydrogen-bond donors (Lipinski definition) is 3. The predicted octanol–water partition coefficient (Wildman–Crippen LogP) is 0.339. The highest BCUT2D eigenvalue weighted by atomic mass is 32.2. The summed E-state index contributed by atoms with van der Waals surface area (Å²) in [7, 11) is -4.36. The maximum atomic E-state index is 11.8. The first-order valence-electron chi connectivity index (χ1n) is 4.46. The van der Waals surface area contributed by atoms with Gasteiger partial charge in [-0.3, -0.25) is 5.10 Å². The Labute approximate surface area is 99.1 Å². The first-order chi connectivity index (χ1) is 8.13. The fraction of sp³-hybridized carbons (Fsp3) is 0.429. The van der Waals surface area contributed by atoms with Crippen molar-refractivity contribution in [2.45, 2.75) is 17.6 Å². The van der Waals surface area contributed by atoms with E-state index in [1.807, 2.05) is 5.10 Å². The molecule has 1 aromatic rings. The van der Waals surface area contributed by atoms with Gasteiger partial charge in [-0.15, -0.1) is 0 Å². The number of aromatic amines is 1. The highest BCUT2D eigenvalue weighted by Gasteiger charge is 2.29. The summed E-state index contributed by atoms with van der Waals surface area (Å²) in [4.78, 5) is 10.6. The van der Waals surface area contributed by atoms with Crippen LogP contribution in [0.25, 0.3) is 0 Å². The molecule has 0 unspecified atom stereocenters. The molecular formula is C7H8F3N3O4S. The van der Waals surface area contributed by atoms with Gasteiger partial charge in [-0.2, -0.15) is 18.3 Å². The number of hydrogen-bond acceptors (Lipinski definition) is 4. The largest absolute Gasteiger partial charge is 0.478 e. The van der Waals surface area contributed by atoms with Gasteiger partial charge in [-0.1, -0.05) is 0 Å². The summed E-state index contributed by atoms with van der Waals surface area (Å²) < 4.78 is 60.1. The van der Waals surface area contributed by atoms with Crippen LogP contribution in [0.1, 0.15) is 16.8 Å². The van der Waals surface area contributed by atoms with E-state index in [0.29, 0.717) is 0 Å². The van der Waals surface area contributed by atoms with E-state index in [9.17, 15) is 26.4 Å². The number of sulfonamides is 1. The number of aromatic carboxylic acids is 1. The standard InChI is InChI=1S/C7H8F3N3O4S/c8-7(9,10)1-2-12-18(16,17)5-4(6(14)15)3-11-13-5/h3,12H,1-2H2,(H,11,13)(H,14,15). The third kappa shape index (κ3) is 3.70. The third-order valence-corrected chi connectivity index (χ3v) is 3.24. The number of carboxylic acid groups (broad SMARTS) is 1. The molecule has 0 bridgehead atoms. The molecule has 0 spiro atoms. The van der Waals surface area contributed by atoms with Crippen LogP contribution in [0.2, 0.25) is 0 Å². The minimum atomic E-state index is -4.51. The zero-order chi connectivity index (χ0) is 14.0. The van der Waals surface area contributed by atoms with Crippen molar-refractivity contribution in [3.8, 4) is 0 Å². The van der Waals surface area contributed by atoms with Gasteiger partial charge in [-0.05, 0) is 0 Å². The van der Waals surface area contributed by atoms with Gasteiger partial charge < -0.3 is 5.11 Å². The average Bonchev–Trinajstić information content (AvgIpc) is 2.63. The van der Waals surface area contributed by atoms with Crippen LogP contribution >= 0.6 is 0 Å². The Kier molecular flexibility index (Phi) is 3.96. The molecule has 0 atom stereocenters. The summed E-state index contributed by atoms with van der Waals surface area (Å²) in [5.41, 5.74) is -0.644. The molecule has 0 fully saturated rings. The highest BCUT2D eigenvalue weighted by Crippen LogP contribution is 2.19. The van der Waals surface area contributed by atoms with Gasteiger partial charge in [-0.25, -0.2) is 17.9 Å². The van der Waals surface area contributed by atoms with Crippen LogP contribution in [0.4, 0.5) is 13.2 Å². The van der Waals surface area contributed by atoms with Crippen molar-refractivity contribution in [3.63, 3.8) is 0 Å². The number of carboxylic acids is 1. The summed E-state index contributed by atoms with van der Waals surface area (Å²) in [5, 5.41) is 13.0. The van der Waals surface area contributed by atoms with Crippen LogP contribution < -0.4 is 4.72 Å². The summed E-state index contributed by atoms with van der Waals surface area (Å²) in [6.45, 7) is -0.885. The van der Waals surface area contributed by atoms with Crippen LogP contribution in [0.15, 0.2) is 11.2 Å². The van der Waals surface area contributed by atoms with Gasteiger partial charge in [0.2, 0.25) is 0 Å². The van der Waals surface area contributed by atoms with E-state index in [1.54, 1.807) is 4.72 Å². The fourth-order valence-electron chi connectivity index (χ4n) is 1.03. The average molecular weight is 287 g/mol. The lowest BCUT2D eigenvalue weighted by atomic mass is 10.4. The minimum absolute atomic E-state index is 0.644. The topological polar surface area (TPSA) is 112 Å². The Bertz CT molecular complexity index is 536. The quantitative estimate of drug-likeness (QED) is 0.723. The van der Waals surface area contributed by atoms with E-state index in [4.69, 9.17) is 5.11 Å². The second kappa shape index (κ2) is 4.94. The van der Waals surface area contributed by atoms with Crippen LogP contribution in [0, 0.1) is 0 Å². The summed E-state index contributed by atoms with van der Waals surface area (Å²) >= 11 is 0. The molecule has 0 aromatic carbocycles. The highest BCUT2D eigenvalue weighted by molar-refractivity contribution is 7.89. The zero-order valence-electron chi connectivity index (χ0n) is 8.65. The van der Waals surface area contributed by atoms with Crippen LogP contribution in [0.3, 0.4) is 0 Å². The number of carbonyl (C=O) groups is 1. The van der Waals surface area contributed by atoms with Crippen molar-refractivity contribution in [1.29, 1.82) is 0 Å². The lowest BCUT2D eigenvalue weighted by Crippen LogP contribution is -2.29. The van der Waals surface area contributed by atoms with Crippen molar-refractivity contribution in [2.24, 2.45) is 0 Å². The number of nitrogens with one attached hydrogen (secondary N) is 2. The SMILES string of the molecule is O=C(O)c1cn[nH]c1S(=O)(=O)NCCC(F)(F)F. The maximum Gasteiger partial charge on any atom is 0.390 e. The van der Waals surface area contributed by atoms with Gasteiger partial charge in [0, 0.05) is 6.54 Å². The molecule has 0 aliphatic rings. The number of aromatic nitrogens is 2. The first kappa shape index (κ1) is 14.4. The van der Waals surface area contributed by atoms with E-state index in [0.717, 1.165) is 6.20 Å². The molecule has 0 saturated carbocycles. The molecule has 1 heterocycles. The van der Waals surface area contributed by atoms with Gasteiger partial charge in [0.15, 0.2) is 5.03 Å². The maximum absolute atomic E-state index is 11.8. The molecule has 0 radical (unpaired) electrons. The third-order valence-electron chi connectivity index (χ3n) is 1.80. The smallest absolute Gasteiger partial charge is 0.390 e. The molecule has 7 nitrogen and oxygen atoms in total. The first-order valence-corrected chi connectivity index (χ1v) is 5.95. The Hall–Kier alpha value is -1.62. The molecule has 1 aromatic heterocycles. The Morgan fingerprint density at radius 1 is 1.50 bits per heavy atom. The number of rotatable bonds is 5. The molecule has 0 aliphatic heterocycles. The van der Waals surface area contributed by atoms with E-state index in [-0.39, 0.29) is 0 Å². The molecule has 102 valence electrons. The predicted molar refractivity (Wildman–Crippen MR) is 51.4 cm³/mol. The number of halogens is 3. The van der Waals surface area contributed by atoms with Crippen molar-refractivity contribution in [2.75, 3.05) is 6.54 Å². The van der Waals surface area contributed by atoms with Crippen molar-refractivity contribution in [1.82, 2.24) is 14.9 Å². The molecule has 0 amide bonds. The Balaban J connectivity index is 2.81. The molecule has 3 N–H and O–H groups in total. The van der Waals surface area contributed by atoms with Crippen molar-refractivity contribution >= 4 is 16.0 Å². The molecule has 18 heavy (non-hydrogen) atoms. The van der Waals surface area contributed by atoms with E-state index in [2.05, 4.69) is 5.10 Å². The van der Waals surface area contributed by atoms with E-state index >= 15 is 0 Å². The number of H-pyrrole nitrogens is 1. The van der Waals surface area contributed by atoms with Gasteiger partial charge in [0.1, 0.15) is 5.56 Å². The second-order valence-electron chi connectivity index (χ2n) is 3.18. The zero-order valence-corrected chi connectivity index (χ0v) is 9.47. The van der Waals surface area contributed by atoms with Crippen LogP contribution in [-0.2, 0) is 10.0 Å². The molecule has 1 rings (SSSR count). The van der Waals surface area contributed by atoms with Crippen LogP contribution in [-0.4, -0.2) is 42.4 Å². The van der Waals surface area contributed by atoms with Gasteiger partial charge in [0.05, 0.1) is 12.6 Å². The summed E-state index contributed by atoms with van der Waals surface area (Å²) in [6, 6.07) is 0. The summed E-state index contributed by atoms with van der Waals surface area (Å²) in [6.07, 6.45) is -5.12. The Morgan fingerprint density at radius 3 is 2.61 bits per heavy atom. The molecular weight excluding hydrogens is 279 g/mol. The number of alkyl halides is 3. The van der Waals surface area contributed by atoms with Crippen molar-refractivity contribution in [3.05, 3.63) is 11.8 Å².